The van der Waals surface area contributed by atoms with Gasteiger partial charge in [-0.25, -0.2) is 8.42 Å². The van der Waals surface area contributed by atoms with E-state index in [0.29, 0.717) is 35.8 Å². The van der Waals surface area contributed by atoms with Crippen LogP contribution >= 0.6 is 0 Å². The van der Waals surface area contributed by atoms with Crippen molar-refractivity contribution in [3.8, 4) is 17.6 Å². The van der Waals surface area contributed by atoms with E-state index < -0.39 is 27.4 Å². The highest BCUT2D eigenvalue weighted by molar-refractivity contribution is 7.91. The quantitative estimate of drug-likeness (QED) is 0.687. The molecule has 0 radical (unpaired) electrons. The summed E-state index contributed by atoms with van der Waals surface area (Å²) in [5.41, 5.74) is 5.34. The normalized spacial score (nSPS) is 12.5. The van der Waals surface area contributed by atoms with Gasteiger partial charge in [-0.2, -0.15) is 5.26 Å². The van der Waals surface area contributed by atoms with E-state index in [4.69, 9.17) is 14.7 Å². The molecular weight excluding hydrogens is 398 g/mol. The monoisotopic (exact) mass is 415 g/mol. The molecule has 0 bridgehead atoms. The number of hydrogen-bond acceptors (Lipinski definition) is 7. The number of ether oxygens (including phenoxy) is 2. The van der Waals surface area contributed by atoms with Gasteiger partial charge in [-0.15, -0.1) is 0 Å². The Morgan fingerprint density at radius 3 is 2.38 bits per heavy atom. The lowest BCUT2D eigenvalue weighted by molar-refractivity contribution is -0.119. The molecule has 1 aliphatic rings. The summed E-state index contributed by atoms with van der Waals surface area (Å²) in [7, 11) is -3.76. The van der Waals surface area contributed by atoms with E-state index in [1.165, 1.54) is 36.4 Å². The Morgan fingerprint density at radius 2 is 1.69 bits per heavy atom. The maximum absolute atomic E-state index is 12.2. The molecule has 1 heterocycles. The summed E-state index contributed by atoms with van der Waals surface area (Å²) in [6, 6.07) is 12.5. The first-order chi connectivity index (χ1) is 13.9. The lowest BCUT2D eigenvalue weighted by Crippen LogP contribution is -2.44. The van der Waals surface area contributed by atoms with E-state index in [0.717, 1.165) is 0 Å². The molecule has 0 spiro atoms. The Balaban J connectivity index is 1.53. The summed E-state index contributed by atoms with van der Waals surface area (Å²) < 4.78 is 35.1. The third-order valence-electron chi connectivity index (χ3n) is 3.94. The minimum Gasteiger partial charge on any atom is -0.486 e. The summed E-state index contributed by atoms with van der Waals surface area (Å²) in [6.45, 7) is 0.789. The number of nitrogens with zero attached hydrogens (tertiary/aromatic N) is 1. The molecule has 2 aromatic rings. The van der Waals surface area contributed by atoms with Crippen LogP contribution in [0.15, 0.2) is 42.5 Å². The largest absolute Gasteiger partial charge is 0.486 e. The van der Waals surface area contributed by atoms with Gasteiger partial charge in [0.15, 0.2) is 21.3 Å². The summed E-state index contributed by atoms with van der Waals surface area (Å²) in [6.07, 6.45) is 0. The molecule has 0 fully saturated rings. The van der Waals surface area contributed by atoms with Gasteiger partial charge in [0, 0.05) is 5.56 Å². The van der Waals surface area contributed by atoms with E-state index in [9.17, 15) is 18.0 Å². The first kappa shape index (κ1) is 20.2. The number of fused-ring (bicyclic) bond motifs is 1. The Labute approximate surface area is 167 Å². The van der Waals surface area contributed by atoms with Crippen LogP contribution in [0.1, 0.15) is 21.5 Å². The molecule has 29 heavy (non-hydrogen) atoms. The van der Waals surface area contributed by atoms with Crippen LogP contribution in [0.25, 0.3) is 0 Å². The number of rotatable bonds is 5. The average molecular weight is 415 g/mol. The zero-order valence-corrected chi connectivity index (χ0v) is 16.0. The van der Waals surface area contributed by atoms with Crippen LogP contribution in [0.4, 0.5) is 0 Å². The number of benzene rings is 2. The van der Waals surface area contributed by atoms with Crippen LogP contribution in [-0.4, -0.2) is 39.2 Å². The summed E-state index contributed by atoms with van der Waals surface area (Å²) in [5.74, 6) is -1.72. The van der Waals surface area contributed by atoms with Crippen molar-refractivity contribution in [1.82, 2.24) is 10.9 Å². The molecule has 3 rings (SSSR count). The molecule has 9 nitrogen and oxygen atoms in total. The maximum atomic E-state index is 12.2. The highest BCUT2D eigenvalue weighted by Crippen LogP contribution is 2.30. The van der Waals surface area contributed by atoms with Gasteiger partial charge in [-0.3, -0.25) is 20.4 Å². The molecule has 10 heteroatoms. The predicted octanol–water partition coefficient (Wildman–Crippen LogP) is 0.705. The average Bonchev–Trinajstić information content (AvgIpc) is 2.71. The standard InChI is InChI=1S/C19H17N3O6S/c20-10-13-1-3-14(4-2-13)11-29(25,26)12-18(23)21-22-19(24)15-5-6-16-17(9-15)28-8-7-27-16/h1-6,9H,7-8,11-12H2,(H,21,23)(H,22,24). The fourth-order valence-corrected chi connectivity index (χ4v) is 3.87. The van der Waals surface area contributed by atoms with Gasteiger partial charge in [0.2, 0.25) is 0 Å². The lowest BCUT2D eigenvalue weighted by Gasteiger charge is -2.18. The van der Waals surface area contributed by atoms with Crippen LogP contribution in [0.2, 0.25) is 0 Å². The predicted molar refractivity (Wildman–Crippen MR) is 102 cm³/mol. The molecular formula is C19H17N3O6S. The van der Waals surface area contributed by atoms with Crippen molar-refractivity contribution < 1.29 is 27.5 Å². The molecule has 0 aromatic heterocycles. The number of sulfone groups is 1. The second kappa shape index (κ2) is 8.62. The molecule has 0 saturated heterocycles. The van der Waals surface area contributed by atoms with Gasteiger partial charge in [-0.05, 0) is 35.9 Å². The van der Waals surface area contributed by atoms with Gasteiger partial charge in [0.05, 0.1) is 17.4 Å². The van der Waals surface area contributed by atoms with E-state index in [1.54, 1.807) is 6.07 Å². The van der Waals surface area contributed by atoms with E-state index in [1.807, 2.05) is 6.07 Å². The smallest absolute Gasteiger partial charge is 0.269 e. The van der Waals surface area contributed by atoms with Crippen LogP contribution in [-0.2, 0) is 20.4 Å². The lowest BCUT2D eigenvalue weighted by atomic mass is 10.2. The number of carbonyl (C=O) groups excluding carboxylic acids is 2. The minimum atomic E-state index is -3.76. The number of hydrogen-bond donors (Lipinski definition) is 2. The van der Waals surface area contributed by atoms with Crippen LogP contribution in [0.5, 0.6) is 11.5 Å². The van der Waals surface area contributed by atoms with Crippen molar-refractivity contribution in [3.05, 3.63) is 59.2 Å². The van der Waals surface area contributed by atoms with Gasteiger partial charge < -0.3 is 9.47 Å². The number of amides is 2. The summed E-state index contributed by atoms with van der Waals surface area (Å²) in [5, 5.41) is 8.76. The van der Waals surface area contributed by atoms with E-state index in [2.05, 4.69) is 10.9 Å². The summed E-state index contributed by atoms with van der Waals surface area (Å²) >= 11 is 0. The van der Waals surface area contributed by atoms with Gasteiger partial charge in [0.25, 0.3) is 11.8 Å². The molecule has 150 valence electrons. The molecule has 1 aliphatic heterocycles. The Morgan fingerprint density at radius 1 is 1.00 bits per heavy atom. The molecule has 0 aliphatic carbocycles. The molecule has 0 atom stereocenters. The molecule has 0 unspecified atom stereocenters. The zero-order chi connectivity index (χ0) is 20.9. The molecule has 2 aromatic carbocycles. The molecule has 0 saturated carbocycles. The molecule has 2 N–H and O–H groups in total. The van der Waals surface area contributed by atoms with Gasteiger partial charge in [-0.1, -0.05) is 12.1 Å². The van der Waals surface area contributed by atoms with Crippen molar-refractivity contribution in [2.75, 3.05) is 19.0 Å². The Bertz CT molecular complexity index is 1070. The van der Waals surface area contributed by atoms with Crippen molar-refractivity contribution in [2.24, 2.45) is 0 Å². The number of nitrogens with one attached hydrogen (secondary N) is 2. The Kier molecular flexibility index (Phi) is 5.99. The highest BCUT2D eigenvalue weighted by atomic mass is 32.2. The fraction of sp³-hybridized carbons (Fsp3) is 0.211. The Hall–Kier alpha value is -3.58. The fourth-order valence-electron chi connectivity index (χ4n) is 2.60. The SMILES string of the molecule is N#Cc1ccc(CS(=O)(=O)CC(=O)NNC(=O)c2ccc3c(c2)OCCO3)cc1. The topological polar surface area (TPSA) is 135 Å². The van der Waals surface area contributed by atoms with Crippen LogP contribution in [0, 0.1) is 11.3 Å². The highest BCUT2D eigenvalue weighted by Gasteiger charge is 2.19. The van der Waals surface area contributed by atoms with Crippen molar-refractivity contribution in [1.29, 1.82) is 5.26 Å². The number of hydrazine groups is 1. The van der Waals surface area contributed by atoms with Crippen LogP contribution < -0.4 is 20.3 Å². The summed E-state index contributed by atoms with van der Waals surface area (Å²) in [4.78, 5) is 24.1. The maximum Gasteiger partial charge on any atom is 0.269 e. The van der Waals surface area contributed by atoms with E-state index >= 15 is 0 Å². The van der Waals surface area contributed by atoms with Gasteiger partial charge in [0.1, 0.15) is 19.0 Å². The van der Waals surface area contributed by atoms with Gasteiger partial charge >= 0.3 is 0 Å². The van der Waals surface area contributed by atoms with Crippen molar-refractivity contribution >= 4 is 21.7 Å². The van der Waals surface area contributed by atoms with Crippen molar-refractivity contribution in [3.63, 3.8) is 0 Å². The minimum absolute atomic E-state index is 0.218. The third kappa shape index (κ3) is 5.46. The van der Waals surface area contributed by atoms with Crippen LogP contribution in [0.3, 0.4) is 0 Å². The number of nitriles is 1. The van der Waals surface area contributed by atoms with Crippen molar-refractivity contribution in [2.45, 2.75) is 5.75 Å². The van der Waals surface area contributed by atoms with E-state index in [-0.39, 0.29) is 11.3 Å². The number of carbonyl (C=O) groups is 2. The third-order valence-corrected chi connectivity index (χ3v) is 5.42. The molecule has 2 amide bonds. The zero-order valence-electron chi connectivity index (χ0n) is 15.2. The second-order valence-electron chi connectivity index (χ2n) is 6.20. The second-order valence-corrected chi connectivity index (χ2v) is 8.27. The first-order valence-electron chi connectivity index (χ1n) is 8.54. The first-order valence-corrected chi connectivity index (χ1v) is 10.4.